The Bertz CT molecular complexity index is 780. The molecule has 0 spiro atoms. The van der Waals surface area contributed by atoms with Gasteiger partial charge in [-0.1, -0.05) is 12.1 Å². The summed E-state index contributed by atoms with van der Waals surface area (Å²) >= 11 is 0. The molecule has 1 aliphatic carbocycles. The summed E-state index contributed by atoms with van der Waals surface area (Å²) in [6.45, 7) is 0. The average molecular weight is 275 g/mol. The van der Waals surface area contributed by atoms with Crippen LogP contribution in [0.25, 0.3) is 6.08 Å². The van der Waals surface area contributed by atoms with Crippen LogP contribution in [0.1, 0.15) is 33.5 Å². The van der Waals surface area contributed by atoms with E-state index >= 15 is 0 Å². The van der Waals surface area contributed by atoms with Crippen molar-refractivity contribution in [1.29, 1.82) is 5.26 Å². The predicted octanol–water partition coefficient (Wildman–Crippen LogP) is 3.48. The standard InChI is InChI=1S/C18H13NO2/c19-11-13-3-1-12(2-4-13)9-15-6-5-14-10-16(20)7-8-17(14)18(15)21/h1-4,7-10,20H,5-6H2. The fraction of sp³-hybridized carbons (Fsp3) is 0.111. The molecule has 0 radical (unpaired) electrons. The number of fused-ring (bicyclic) bond motifs is 1. The minimum Gasteiger partial charge on any atom is -0.508 e. The van der Waals surface area contributed by atoms with Crippen molar-refractivity contribution in [3.05, 3.63) is 70.3 Å². The summed E-state index contributed by atoms with van der Waals surface area (Å²) in [5.41, 5.74) is 3.85. The largest absolute Gasteiger partial charge is 0.508 e. The van der Waals surface area contributed by atoms with Gasteiger partial charge in [0.2, 0.25) is 0 Å². The molecule has 0 atom stereocenters. The molecule has 0 aliphatic heterocycles. The quantitative estimate of drug-likeness (QED) is 0.810. The molecule has 0 aromatic heterocycles. The Balaban J connectivity index is 1.93. The number of hydrogen-bond donors (Lipinski definition) is 1. The van der Waals surface area contributed by atoms with Gasteiger partial charge < -0.3 is 5.11 Å². The molecule has 0 bridgehead atoms. The molecular weight excluding hydrogens is 262 g/mol. The molecule has 2 aromatic carbocycles. The number of phenols is 1. The Labute approximate surface area is 122 Å². The van der Waals surface area contributed by atoms with Crippen molar-refractivity contribution in [2.75, 3.05) is 0 Å². The highest BCUT2D eigenvalue weighted by Gasteiger charge is 2.21. The molecule has 0 fully saturated rings. The van der Waals surface area contributed by atoms with E-state index in [9.17, 15) is 9.90 Å². The Hall–Kier alpha value is -2.86. The molecule has 2 aromatic rings. The molecule has 21 heavy (non-hydrogen) atoms. The normalized spacial score (nSPS) is 15.6. The summed E-state index contributed by atoms with van der Waals surface area (Å²) in [4.78, 5) is 12.5. The maximum absolute atomic E-state index is 12.5. The highest BCUT2D eigenvalue weighted by Crippen LogP contribution is 2.29. The molecular formula is C18H13NO2. The molecule has 0 unspecified atom stereocenters. The van der Waals surface area contributed by atoms with E-state index in [1.807, 2.05) is 18.2 Å². The SMILES string of the molecule is N#Cc1ccc(C=C2CCc3cc(O)ccc3C2=O)cc1. The van der Waals surface area contributed by atoms with E-state index in [0.717, 1.165) is 23.1 Å². The number of aromatic hydroxyl groups is 1. The van der Waals surface area contributed by atoms with Gasteiger partial charge in [-0.2, -0.15) is 5.26 Å². The van der Waals surface area contributed by atoms with Crippen molar-refractivity contribution in [3.8, 4) is 11.8 Å². The summed E-state index contributed by atoms with van der Waals surface area (Å²) in [7, 11) is 0. The molecule has 0 saturated heterocycles. The van der Waals surface area contributed by atoms with Crippen LogP contribution in [0.2, 0.25) is 0 Å². The van der Waals surface area contributed by atoms with Gasteiger partial charge in [-0.05, 0) is 60.4 Å². The van der Waals surface area contributed by atoms with Gasteiger partial charge in [0.05, 0.1) is 11.6 Å². The Morgan fingerprint density at radius 2 is 1.86 bits per heavy atom. The summed E-state index contributed by atoms with van der Waals surface area (Å²) in [5, 5.41) is 18.3. The van der Waals surface area contributed by atoms with Crippen molar-refractivity contribution >= 4 is 11.9 Å². The topological polar surface area (TPSA) is 61.1 Å². The lowest BCUT2D eigenvalue weighted by atomic mass is 9.86. The second kappa shape index (κ2) is 5.26. The van der Waals surface area contributed by atoms with Crippen molar-refractivity contribution in [3.63, 3.8) is 0 Å². The average Bonchev–Trinajstić information content (AvgIpc) is 2.51. The van der Waals surface area contributed by atoms with E-state index in [1.54, 1.807) is 30.3 Å². The monoisotopic (exact) mass is 275 g/mol. The van der Waals surface area contributed by atoms with Gasteiger partial charge in [-0.3, -0.25) is 4.79 Å². The third-order valence-electron chi connectivity index (χ3n) is 3.67. The first-order valence-electron chi connectivity index (χ1n) is 6.75. The van der Waals surface area contributed by atoms with E-state index in [1.165, 1.54) is 0 Å². The fourth-order valence-electron chi connectivity index (χ4n) is 2.56. The highest BCUT2D eigenvalue weighted by molar-refractivity contribution is 6.13. The summed E-state index contributed by atoms with van der Waals surface area (Å²) in [5.74, 6) is 0.210. The van der Waals surface area contributed by atoms with Gasteiger partial charge in [0, 0.05) is 11.1 Å². The number of allylic oxidation sites excluding steroid dienone is 1. The zero-order valence-corrected chi connectivity index (χ0v) is 11.3. The number of carbonyl (C=O) groups is 1. The van der Waals surface area contributed by atoms with Gasteiger partial charge in [-0.15, -0.1) is 0 Å². The number of Topliss-reactive ketones (excluding diaryl/α,β-unsaturated/α-hetero) is 1. The molecule has 0 saturated carbocycles. The van der Waals surface area contributed by atoms with Crippen LogP contribution in [0.5, 0.6) is 5.75 Å². The lowest BCUT2D eigenvalue weighted by molar-refractivity contribution is 0.102. The van der Waals surface area contributed by atoms with Crippen molar-refractivity contribution in [1.82, 2.24) is 0 Å². The minimum atomic E-state index is 0.0145. The summed E-state index contributed by atoms with van der Waals surface area (Å²) < 4.78 is 0. The van der Waals surface area contributed by atoms with Gasteiger partial charge in [0.1, 0.15) is 5.75 Å². The van der Waals surface area contributed by atoms with Crippen LogP contribution in [0, 0.1) is 11.3 Å². The van der Waals surface area contributed by atoms with E-state index in [0.29, 0.717) is 17.5 Å². The molecule has 1 N–H and O–H groups in total. The predicted molar refractivity (Wildman–Crippen MR) is 79.9 cm³/mol. The van der Waals surface area contributed by atoms with E-state index in [4.69, 9.17) is 5.26 Å². The van der Waals surface area contributed by atoms with Gasteiger partial charge in [0.15, 0.2) is 5.78 Å². The van der Waals surface area contributed by atoms with Crippen LogP contribution in [-0.2, 0) is 6.42 Å². The maximum atomic E-state index is 12.5. The van der Waals surface area contributed by atoms with Gasteiger partial charge in [-0.25, -0.2) is 0 Å². The second-order valence-corrected chi connectivity index (χ2v) is 5.07. The number of phenolic OH excluding ortho intramolecular Hbond substituents is 1. The van der Waals surface area contributed by atoms with E-state index < -0.39 is 0 Å². The molecule has 3 heteroatoms. The number of hydrogen-bond acceptors (Lipinski definition) is 3. The molecule has 3 rings (SSSR count). The van der Waals surface area contributed by atoms with Crippen molar-refractivity contribution in [2.45, 2.75) is 12.8 Å². The number of benzene rings is 2. The third-order valence-corrected chi connectivity index (χ3v) is 3.67. The van der Waals surface area contributed by atoms with Crippen LogP contribution in [0.3, 0.4) is 0 Å². The van der Waals surface area contributed by atoms with Crippen molar-refractivity contribution < 1.29 is 9.90 Å². The Kier molecular flexibility index (Phi) is 3.29. The van der Waals surface area contributed by atoms with Gasteiger partial charge in [0.25, 0.3) is 0 Å². The number of nitriles is 1. The highest BCUT2D eigenvalue weighted by atomic mass is 16.3. The fourth-order valence-corrected chi connectivity index (χ4v) is 2.56. The van der Waals surface area contributed by atoms with Crippen LogP contribution in [0.15, 0.2) is 48.0 Å². The first-order chi connectivity index (χ1) is 10.2. The van der Waals surface area contributed by atoms with Crippen LogP contribution >= 0.6 is 0 Å². The van der Waals surface area contributed by atoms with Crippen LogP contribution < -0.4 is 0 Å². The number of rotatable bonds is 1. The number of ketones is 1. The zero-order valence-electron chi connectivity index (χ0n) is 11.3. The molecule has 3 nitrogen and oxygen atoms in total. The Morgan fingerprint density at radius 3 is 2.57 bits per heavy atom. The summed E-state index contributed by atoms with van der Waals surface area (Å²) in [6.07, 6.45) is 3.28. The molecule has 1 aliphatic rings. The first kappa shape index (κ1) is 13.1. The lowest BCUT2D eigenvalue weighted by Crippen LogP contribution is -2.13. The van der Waals surface area contributed by atoms with E-state index in [2.05, 4.69) is 6.07 Å². The lowest BCUT2D eigenvalue weighted by Gasteiger charge is -2.17. The Morgan fingerprint density at radius 1 is 1.10 bits per heavy atom. The van der Waals surface area contributed by atoms with Gasteiger partial charge >= 0.3 is 0 Å². The first-order valence-corrected chi connectivity index (χ1v) is 6.75. The zero-order chi connectivity index (χ0) is 14.8. The minimum absolute atomic E-state index is 0.0145. The van der Waals surface area contributed by atoms with E-state index in [-0.39, 0.29) is 11.5 Å². The number of nitrogens with zero attached hydrogens (tertiary/aromatic N) is 1. The van der Waals surface area contributed by atoms with Crippen LogP contribution in [-0.4, -0.2) is 10.9 Å². The van der Waals surface area contributed by atoms with Crippen LogP contribution in [0.4, 0.5) is 0 Å². The number of carbonyl (C=O) groups excluding carboxylic acids is 1. The molecule has 102 valence electrons. The number of aryl methyl sites for hydroxylation is 1. The molecule has 0 amide bonds. The smallest absolute Gasteiger partial charge is 0.189 e. The summed E-state index contributed by atoms with van der Waals surface area (Å²) in [6, 6.07) is 14.1. The maximum Gasteiger partial charge on any atom is 0.189 e. The molecule has 0 heterocycles. The third kappa shape index (κ3) is 2.56. The van der Waals surface area contributed by atoms with Crippen molar-refractivity contribution in [2.24, 2.45) is 0 Å². The second-order valence-electron chi connectivity index (χ2n) is 5.07.